The van der Waals surface area contributed by atoms with Crippen molar-refractivity contribution in [3.63, 3.8) is 0 Å². The van der Waals surface area contributed by atoms with E-state index in [-0.39, 0.29) is 50.4 Å². The third-order valence-electron chi connectivity index (χ3n) is 20.3. The van der Waals surface area contributed by atoms with E-state index in [2.05, 4.69) is 25.2 Å². The fourth-order valence-corrected chi connectivity index (χ4v) is 15.8. The van der Waals surface area contributed by atoms with Crippen LogP contribution >= 0.6 is 0 Å². The zero-order valence-electron chi connectivity index (χ0n) is 50.5. The number of fused-ring (bicyclic) bond motifs is 4. The van der Waals surface area contributed by atoms with E-state index < -0.39 is 185 Å². The van der Waals surface area contributed by atoms with Crippen molar-refractivity contribution in [3.8, 4) is 0 Å². The smallest absolute Gasteiger partial charge is 0.407 e. The monoisotopic (exact) mass is 1190 g/mol. The van der Waals surface area contributed by atoms with Crippen LogP contribution in [-0.4, -0.2) is 180 Å². The first-order valence-electron chi connectivity index (χ1n) is 29.9. The maximum Gasteiger partial charge on any atom is 0.407 e. The van der Waals surface area contributed by atoms with E-state index in [9.17, 15) is 45.2 Å². The Balaban J connectivity index is 1.01. The molecule has 5 heterocycles. The number of rotatable bonds is 12. The number of nitrogens with one attached hydrogen (secondary N) is 2. The number of amides is 1. The minimum absolute atomic E-state index is 0.0128. The molecule has 0 aromatic heterocycles. The van der Waals surface area contributed by atoms with Crippen LogP contribution < -0.4 is 10.5 Å². The van der Waals surface area contributed by atoms with Gasteiger partial charge in [0.05, 0.1) is 68.5 Å². The van der Waals surface area contributed by atoms with Crippen LogP contribution in [0.25, 0.3) is 0 Å². The first-order valence-corrected chi connectivity index (χ1v) is 29.9. The number of hydrogen-bond donors (Lipinski definition) is 7. The SMILES string of the molecule is COC(=O)N[C@H]1[C@@H](C)O[C@@H](O[C@H]2C/C=C(\C)[C@H]3C=C[C@@H]4[C@@H](O[C@H]5C[C@@H](O[C@H]6C[C@@H](O)[C@@H](O[C@@H]7C[C@@H](O)[C@@H](OC)[C@H](C)O7)[C@H](C)O6)[C@@H](O)[C@H](C)O5)[C@@H](C)C[C@H](C)[C@@H]4[C@@]3(C)/C(O)=C3\C(=O)O[C@@]4(C[C@@H](C)C(C=O)=C[C@H]4/C=C/2C)C3=O)C[C@]1(C)[NH+]([O-])O. The molecule has 1 amide bonds. The van der Waals surface area contributed by atoms with Gasteiger partial charge in [-0.1, -0.05) is 63.6 Å². The van der Waals surface area contributed by atoms with Crippen LogP contribution in [0.1, 0.15) is 121 Å². The number of hydrogen-bond acceptors (Lipinski definition) is 21. The van der Waals surface area contributed by atoms with E-state index >= 15 is 4.79 Å². The minimum Gasteiger partial charge on any atom is -0.600 e. The van der Waals surface area contributed by atoms with Gasteiger partial charge in [-0.25, -0.2) is 20.0 Å². The molecule has 1 unspecified atom stereocenters. The molecule has 2 bridgehead atoms. The second-order valence-corrected chi connectivity index (χ2v) is 25.9. The van der Waals surface area contributed by atoms with E-state index in [4.69, 9.17) is 52.1 Å². The summed E-state index contributed by atoms with van der Waals surface area (Å²) in [7, 11) is 2.69. The lowest BCUT2D eigenvalue weighted by Gasteiger charge is -2.56. The second kappa shape index (κ2) is 25.2. The number of ether oxygens (including phenoxy) is 11. The summed E-state index contributed by atoms with van der Waals surface area (Å²) in [6.45, 7) is 20.0. The van der Waals surface area contributed by atoms with E-state index in [0.717, 1.165) is 11.9 Å². The van der Waals surface area contributed by atoms with Crippen LogP contribution in [0, 0.1) is 52.0 Å². The van der Waals surface area contributed by atoms with Gasteiger partial charge >= 0.3 is 12.1 Å². The molecular weight excluding hydrogens is 1100 g/mol. The molecule has 1 saturated carbocycles. The molecule has 0 radical (unpaired) electrons. The highest BCUT2D eigenvalue weighted by atomic mass is 16.8. The van der Waals surface area contributed by atoms with Crippen LogP contribution in [0.4, 0.5) is 4.79 Å². The van der Waals surface area contributed by atoms with Crippen molar-refractivity contribution in [3.05, 3.63) is 63.6 Å². The summed E-state index contributed by atoms with van der Waals surface area (Å²) < 4.78 is 68.0. The number of carbonyl (C=O) groups is 4. The predicted octanol–water partition coefficient (Wildman–Crippen LogP) is 4.27. The third kappa shape index (κ3) is 11.9. The lowest BCUT2D eigenvalue weighted by atomic mass is 9.49. The first kappa shape index (κ1) is 64.5. The van der Waals surface area contributed by atoms with E-state index in [0.29, 0.717) is 17.6 Å². The van der Waals surface area contributed by atoms with Gasteiger partial charge in [-0.3, -0.25) is 9.59 Å². The topological polar surface area (TPSA) is 310 Å². The van der Waals surface area contributed by atoms with Crippen molar-refractivity contribution in [2.75, 3.05) is 14.2 Å². The van der Waals surface area contributed by atoms with Crippen LogP contribution in [0.5, 0.6) is 0 Å². The molecule has 23 heteroatoms. The average molecular weight is 1190 g/mol. The Kier molecular flexibility index (Phi) is 19.4. The molecule has 1 spiro atoms. The molecule has 7 N–H and O–H groups in total. The summed E-state index contributed by atoms with van der Waals surface area (Å²) in [6.07, 6.45) is -2.85. The fraction of sp³-hybridized carbons (Fsp3) is 0.770. The number of allylic oxidation sites excluding steroid dienone is 4. The Hall–Kier alpha value is -4.02. The van der Waals surface area contributed by atoms with Gasteiger partial charge in [0.1, 0.15) is 42.0 Å². The largest absolute Gasteiger partial charge is 0.600 e. The predicted molar refractivity (Wildman–Crippen MR) is 296 cm³/mol. The molecule has 6 fully saturated rings. The molecule has 23 nitrogen and oxygen atoms in total. The Morgan fingerprint density at radius 1 is 0.762 bits per heavy atom. The zero-order chi connectivity index (χ0) is 61.2. The maximum atomic E-state index is 15.5. The lowest BCUT2D eigenvalue weighted by molar-refractivity contribution is -1.09. The van der Waals surface area contributed by atoms with Crippen molar-refractivity contribution < 1.29 is 102 Å². The molecule has 0 aromatic rings. The number of methoxy groups -OCH3 is 2. The number of carbonyl (C=O) groups excluding carboxylic acids is 4. The third-order valence-corrected chi connectivity index (χ3v) is 20.3. The molecular formula is C61H90N2O21. The summed E-state index contributed by atoms with van der Waals surface area (Å²) >= 11 is 0. The molecule has 4 aliphatic carbocycles. The van der Waals surface area contributed by atoms with Gasteiger partial charge in [0.2, 0.25) is 5.78 Å². The van der Waals surface area contributed by atoms with E-state index in [1.165, 1.54) is 21.1 Å². The van der Waals surface area contributed by atoms with Crippen molar-refractivity contribution >= 4 is 24.1 Å². The first-order chi connectivity index (χ1) is 39.6. The Bertz CT molecular complexity index is 2580. The number of hydroxylamine groups is 2. The Labute approximate surface area is 491 Å². The molecule has 470 valence electrons. The fourth-order valence-electron chi connectivity index (χ4n) is 15.8. The van der Waals surface area contributed by atoms with Crippen molar-refractivity contribution in [2.45, 2.75) is 237 Å². The molecule has 5 saturated heterocycles. The van der Waals surface area contributed by atoms with Crippen LogP contribution in [0.3, 0.4) is 0 Å². The normalized spacial score (nSPS) is 49.7. The average Bonchev–Trinajstić information content (AvgIpc) is 2.80. The Morgan fingerprint density at radius 2 is 1.38 bits per heavy atom. The quantitative estimate of drug-likeness (QED) is 0.0472. The highest BCUT2D eigenvalue weighted by molar-refractivity contribution is 6.26. The van der Waals surface area contributed by atoms with Crippen LogP contribution in [-0.2, 0) is 66.5 Å². The molecule has 9 aliphatic rings. The number of aliphatic hydroxyl groups excluding tert-OH is 4. The van der Waals surface area contributed by atoms with Crippen molar-refractivity contribution in [1.82, 2.24) is 5.32 Å². The second-order valence-electron chi connectivity index (χ2n) is 25.9. The van der Waals surface area contributed by atoms with Crippen molar-refractivity contribution in [2.24, 2.45) is 46.8 Å². The molecule has 9 rings (SSSR count). The minimum atomic E-state index is -1.86. The standard InChI is InChI=1S/C61H90N2O21/c1-27-14-17-42(80-47-25-59(10,63(72)73)54(35(9)79-47)62-58(71)75-13)28(2)19-37-20-36(26-64)31(5)24-61(37)56(69)48(57(70)84-61)55(68)60(11)39(27)16-15-38-49(60)29(3)18-30(4)51(38)82-46-23-43(50(67)32(6)76-46)81-44-22-41(66)53(34(8)78-44)83-45-21-40(65)52(74-12)33(7)77-45/h14-16,19-20,26,29-35,37-47,49-54,63,65-68,72H,17-18,21-25H2,1-13H3,(H,62,71)/b27-14+,28-19+,55-48+/t29-,30-,31+,32-,33-,34-,35+,37+,38-,39+,40+,41+,42-,43+,44-,45+,46-,47-,49-,50-,51-,52-,53-,54-,59-,60-,61+/m0/s1. The molecule has 28 atom stereocenters. The highest BCUT2D eigenvalue weighted by Crippen LogP contribution is 2.61. The van der Waals surface area contributed by atoms with Crippen LogP contribution in [0.15, 0.2) is 58.4 Å². The number of aldehydes is 1. The number of alkyl carbamates (subject to hydrolysis) is 1. The number of aliphatic hydroxyl groups is 4. The summed E-state index contributed by atoms with van der Waals surface area (Å²) in [4.78, 5) is 55.3. The molecule has 5 aliphatic heterocycles. The summed E-state index contributed by atoms with van der Waals surface area (Å²) in [6, 6.07) is -0.991. The van der Waals surface area contributed by atoms with Gasteiger partial charge in [0.15, 0.2) is 36.3 Å². The van der Waals surface area contributed by atoms with Gasteiger partial charge in [-0.2, -0.15) is 0 Å². The number of quaternary nitrogens is 1. The van der Waals surface area contributed by atoms with Gasteiger partial charge in [0, 0.05) is 56.0 Å². The van der Waals surface area contributed by atoms with Gasteiger partial charge in [-0.15, -0.1) is 0 Å². The van der Waals surface area contributed by atoms with Crippen LogP contribution in [0.2, 0.25) is 0 Å². The van der Waals surface area contributed by atoms with Crippen molar-refractivity contribution in [1.29, 1.82) is 0 Å². The number of esters is 1. The molecule has 0 aromatic carbocycles. The molecule has 84 heavy (non-hydrogen) atoms. The number of ketones is 1. The maximum absolute atomic E-state index is 15.5. The highest BCUT2D eigenvalue weighted by Gasteiger charge is 2.64. The summed E-state index contributed by atoms with van der Waals surface area (Å²) in [5.41, 5.74) is -3.49. The summed E-state index contributed by atoms with van der Waals surface area (Å²) in [5, 5.41) is 72.0. The van der Waals surface area contributed by atoms with Gasteiger partial charge in [-0.05, 0) is 96.1 Å². The Morgan fingerprint density at radius 3 is 2.01 bits per heavy atom. The lowest BCUT2D eigenvalue weighted by Crippen LogP contribution is -3.17. The van der Waals surface area contributed by atoms with Gasteiger partial charge < -0.3 is 83.1 Å². The zero-order valence-corrected chi connectivity index (χ0v) is 50.5. The van der Waals surface area contributed by atoms with E-state index in [1.54, 1.807) is 53.7 Å². The van der Waals surface area contributed by atoms with E-state index in [1.807, 2.05) is 26.0 Å². The number of Topliss-reactive ketones (excluding diaryl/α,β-unsaturated/α-hetero) is 1. The summed E-state index contributed by atoms with van der Waals surface area (Å²) in [5.74, 6) is -5.33. The van der Waals surface area contributed by atoms with Gasteiger partial charge in [0.25, 0.3) is 0 Å².